The summed E-state index contributed by atoms with van der Waals surface area (Å²) in [7, 11) is 0. The molecule has 1 unspecified atom stereocenters. The van der Waals surface area contributed by atoms with Crippen molar-refractivity contribution in [1.29, 1.82) is 0 Å². The van der Waals surface area contributed by atoms with Crippen molar-refractivity contribution in [1.82, 2.24) is 10.2 Å². The van der Waals surface area contributed by atoms with E-state index in [0.29, 0.717) is 26.3 Å². The van der Waals surface area contributed by atoms with Crippen LogP contribution in [-0.4, -0.2) is 55.9 Å². The Morgan fingerprint density at radius 2 is 2.05 bits per heavy atom. The highest BCUT2D eigenvalue weighted by Crippen LogP contribution is 2.16. The van der Waals surface area contributed by atoms with Crippen molar-refractivity contribution in [2.75, 3.05) is 32.9 Å². The number of carbonyl (C=O) groups is 2. The minimum atomic E-state index is -0.252. The molecule has 2 amide bonds. The van der Waals surface area contributed by atoms with Crippen LogP contribution in [0.5, 0.6) is 0 Å². The molecule has 0 bridgehead atoms. The third kappa shape index (κ3) is 4.10. The molecule has 20 heavy (non-hydrogen) atoms. The van der Waals surface area contributed by atoms with Crippen LogP contribution in [0.15, 0.2) is 0 Å². The lowest BCUT2D eigenvalue weighted by Gasteiger charge is -2.32. The molecule has 2 rings (SSSR count). The Kier molecular flexibility index (Phi) is 5.64. The highest BCUT2D eigenvalue weighted by Gasteiger charge is 2.27. The number of carbonyl (C=O) groups excluding carboxylic acids is 2. The molecule has 2 aliphatic heterocycles. The summed E-state index contributed by atoms with van der Waals surface area (Å²) in [6.07, 6.45) is 3.20. The molecule has 0 saturated carbocycles. The predicted octanol–water partition coefficient (Wildman–Crippen LogP) is 1.15. The van der Waals surface area contributed by atoms with Gasteiger partial charge in [0.2, 0.25) is 5.91 Å². The number of hydrogen-bond donors (Lipinski definition) is 1. The summed E-state index contributed by atoms with van der Waals surface area (Å²) >= 11 is 0. The molecule has 6 nitrogen and oxygen atoms in total. The van der Waals surface area contributed by atoms with Gasteiger partial charge < -0.3 is 19.7 Å². The first-order valence-electron chi connectivity index (χ1n) is 7.50. The fourth-order valence-corrected chi connectivity index (χ4v) is 2.69. The van der Waals surface area contributed by atoms with Crippen LogP contribution in [0, 0.1) is 5.92 Å². The van der Waals surface area contributed by atoms with Crippen molar-refractivity contribution < 1.29 is 19.1 Å². The van der Waals surface area contributed by atoms with Gasteiger partial charge in [-0.15, -0.1) is 0 Å². The van der Waals surface area contributed by atoms with Crippen LogP contribution in [-0.2, 0) is 14.3 Å². The van der Waals surface area contributed by atoms with Gasteiger partial charge in [-0.3, -0.25) is 4.79 Å². The summed E-state index contributed by atoms with van der Waals surface area (Å²) in [5, 5.41) is 3.08. The van der Waals surface area contributed by atoms with Gasteiger partial charge in [-0.05, 0) is 32.6 Å². The van der Waals surface area contributed by atoms with Gasteiger partial charge in [0.25, 0.3) is 0 Å². The fraction of sp³-hybridized carbons (Fsp3) is 0.857. The van der Waals surface area contributed by atoms with Crippen molar-refractivity contribution in [3.05, 3.63) is 0 Å². The zero-order valence-electron chi connectivity index (χ0n) is 12.1. The van der Waals surface area contributed by atoms with E-state index in [1.165, 1.54) is 0 Å². The first kappa shape index (κ1) is 15.1. The molecule has 2 saturated heterocycles. The Morgan fingerprint density at radius 1 is 1.30 bits per heavy atom. The predicted molar refractivity (Wildman–Crippen MR) is 73.3 cm³/mol. The van der Waals surface area contributed by atoms with Crippen LogP contribution in [0.2, 0.25) is 0 Å². The summed E-state index contributed by atoms with van der Waals surface area (Å²) in [6, 6.07) is 0.162. The van der Waals surface area contributed by atoms with Gasteiger partial charge >= 0.3 is 6.09 Å². The van der Waals surface area contributed by atoms with E-state index >= 15 is 0 Å². The SMILES string of the molecule is CCOC(=O)N1CCC(NC(=O)C2CCCOC2)CC1. The maximum absolute atomic E-state index is 12.1. The van der Waals surface area contributed by atoms with Crippen LogP contribution in [0.25, 0.3) is 0 Å². The molecule has 1 atom stereocenters. The minimum absolute atomic E-state index is 0.00756. The Labute approximate surface area is 119 Å². The largest absolute Gasteiger partial charge is 0.450 e. The second-order valence-electron chi connectivity index (χ2n) is 5.38. The zero-order chi connectivity index (χ0) is 14.4. The molecule has 2 heterocycles. The number of likely N-dealkylation sites (tertiary alicyclic amines) is 1. The number of hydrogen-bond acceptors (Lipinski definition) is 4. The molecular formula is C14H24N2O4. The Bertz CT molecular complexity index is 334. The summed E-state index contributed by atoms with van der Waals surface area (Å²) in [6.45, 7) is 4.79. The third-order valence-electron chi connectivity index (χ3n) is 3.90. The number of ether oxygens (including phenoxy) is 2. The van der Waals surface area contributed by atoms with Crippen LogP contribution in [0.1, 0.15) is 32.6 Å². The van der Waals surface area contributed by atoms with E-state index in [1.54, 1.807) is 11.8 Å². The molecule has 6 heteroatoms. The second kappa shape index (κ2) is 7.47. The molecule has 0 aromatic rings. The van der Waals surface area contributed by atoms with Crippen molar-refractivity contribution in [2.45, 2.75) is 38.6 Å². The van der Waals surface area contributed by atoms with E-state index < -0.39 is 0 Å². The highest BCUT2D eigenvalue weighted by atomic mass is 16.6. The molecule has 0 aliphatic carbocycles. The number of rotatable bonds is 3. The maximum Gasteiger partial charge on any atom is 0.409 e. The standard InChI is InChI=1S/C14H24N2O4/c1-2-20-14(18)16-7-5-12(6-8-16)15-13(17)11-4-3-9-19-10-11/h11-12H,2-10H2,1H3,(H,15,17). The van der Waals surface area contributed by atoms with Gasteiger partial charge in [-0.25, -0.2) is 4.79 Å². The van der Waals surface area contributed by atoms with Crippen molar-refractivity contribution in [3.63, 3.8) is 0 Å². The maximum atomic E-state index is 12.1. The lowest BCUT2D eigenvalue weighted by molar-refractivity contribution is -0.129. The van der Waals surface area contributed by atoms with E-state index in [0.717, 1.165) is 32.3 Å². The first-order chi connectivity index (χ1) is 9.70. The second-order valence-corrected chi connectivity index (χ2v) is 5.38. The summed E-state index contributed by atoms with van der Waals surface area (Å²) in [5.74, 6) is 0.0890. The molecular weight excluding hydrogens is 260 g/mol. The van der Waals surface area contributed by atoms with Crippen LogP contribution >= 0.6 is 0 Å². The summed E-state index contributed by atoms with van der Waals surface area (Å²) in [4.78, 5) is 25.4. The quantitative estimate of drug-likeness (QED) is 0.844. The zero-order valence-corrected chi connectivity index (χ0v) is 12.1. The number of piperidine rings is 1. The lowest BCUT2D eigenvalue weighted by Crippen LogP contribution is -2.48. The molecule has 0 aromatic heterocycles. The fourth-order valence-electron chi connectivity index (χ4n) is 2.69. The van der Waals surface area contributed by atoms with Gasteiger partial charge in [0.05, 0.1) is 19.1 Å². The lowest BCUT2D eigenvalue weighted by atomic mass is 9.99. The molecule has 1 N–H and O–H groups in total. The van der Waals surface area contributed by atoms with Gasteiger partial charge in [0, 0.05) is 25.7 Å². The molecule has 0 aromatic carbocycles. The van der Waals surface area contributed by atoms with E-state index in [1.807, 2.05) is 0 Å². The molecule has 2 fully saturated rings. The molecule has 0 spiro atoms. The smallest absolute Gasteiger partial charge is 0.409 e. The average molecular weight is 284 g/mol. The number of nitrogens with zero attached hydrogens (tertiary/aromatic N) is 1. The van der Waals surface area contributed by atoms with Crippen molar-refractivity contribution in [3.8, 4) is 0 Å². The van der Waals surface area contributed by atoms with E-state index in [9.17, 15) is 9.59 Å². The summed E-state index contributed by atoms with van der Waals surface area (Å²) < 4.78 is 10.3. The van der Waals surface area contributed by atoms with Crippen molar-refractivity contribution in [2.24, 2.45) is 5.92 Å². The normalized spacial score (nSPS) is 24.2. The highest BCUT2D eigenvalue weighted by molar-refractivity contribution is 5.79. The Morgan fingerprint density at radius 3 is 2.65 bits per heavy atom. The van der Waals surface area contributed by atoms with Crippen LogP contribution in [0.3, 0.4) is 0 Å². The number of amides is 2. The van der Waals surface area contributed by atoms with E-state index in [4.69, 9.17) is 9.47 Å². The Hall–Kier alpha value is -1.30. The molecule has 114 valence electrons. The minimum Gasteiger partial charge on any atom is -0.450 e. The van der Waals surface area contributed by atoms with Gasteiger partial charge in [0.1, 0.15) is 0 Å². The van der Waals surface area contributed by atoms with Crippen LogP contribution < -0.4 is 5.32 Å². The van der Waals surface area contributed by atoms with Gasteiger partial charge in [-0.2, -0.15) is 0 Å². The van der Waals surface area contributed by atoms with Crippen LogP contribution in [0.4, 0.5) is 4.79 Å². The Balaban J connectivity index is 1.71. The molecule has 2 aliphatic rings. The monoisotopic (exact) mass is 284 g/mol. The first-order valence-corrected chi connectivity index (χ1v) is 7.50. The third-order valence-corrected chi connectivity index (χ3v) is 3.90. The van der Waals surface area contributed by atoms with Crippen molar-refractivity contribution >= 4 is 12.0 Å². The average Bonchev–Trinajstić information content (AvgIpc) is 2.49. The topological polar surface area (TPSA) is 67.9 Å². The molecule has 0 radical (unpaired) electrons. The van der Waals surface area contributed by atoms with E-state index in [-0.39, 0.29) is 24.0 Å². The van der Waals surface area contributed by atoms with Gasteiger partial charge in [-0.1, -0.05) is 0 Å². The van der Waals surface area contributed by atoms with Gasteiger partial charge in [0.15, 0.2) is 0 Å². The number of nitrogens with one attached hydrogen (secondary N) is 1. The summed E-state index contributed by atoms with van der Waals surface area (Å²) in [5.41, 5.74) is 0. The van der Waals surface area contributed by atoms with E-state index in [2.05, 4.69) is 5.32 Å².